The lowest BCUT2D eigenvalue weighted by Crippen LogP contribution is -2.36. The van der Waals surface area contributed by atoms with Gasteiger partial charge in [0.15, 0.2) is 11.6 Å². The monoisotopic (exact) mass is 322 g/mol. The zero-order chi connectivity index (χ0) is 16.0. The number of carbonyl (C=O) groups excluding carboxylic acids is 1. The Balaban J connectivity index is 1.84. The van der Waals surface area contributed by atoms with Gasteiger partial charge in [0, 0.05) is 25.9 Å². The van der Waals surface area contributed by atoms with E-state index in [1.807, 2.05) is 20.8 Å². The van der Waals surface area contributed by atoms with Crippen molar-refractivity contribution in [1.82, 2.24) is 19.7 Å². The lowest BCUT2D eigenvalue weighted by atomic mass is 10.1. The molecule has 6 nitrogen and oxygen atoms in total. The van der Waals surface area contributed by atoms with E-state index in [1.165, 1.54) is 0 Å². The Labute approximate surface area is 134 Å². The molecule has 2 aromatic rings. The van der Waals surface area contributed by atoms with Crippen molar-refractivity contribution in [2.45, 2.75) is 39.7 Å². The average molecular weight is 323 g/mol. The molecular weight excluding hydrogens is 304 g/mol. The predicted molar refractivity (Wildman–Crippen MR) is 82.0 cm³/mol. The summed E-state index contributed by atoms with van der Waals surface area (Å²) in [6, 6.07) is 0. The van der Waals surface area contributed by atoms with Gasteiger partial charge in [0.2, 0.25) is 0 Å². The Morgan fingerprint density at radius 3 is 2.73 bits per heavy atom. The molecule has 118 valence electrons. The average Bonchev–Trinajstić information content (AvgIpc) is 3.03. The lowest BCUT2D eigenvalue weighted by Gasteiger charge is -2.24. The third-order valence-electron chi connectivity index (χ3n) is 3.99. The normalized spacial score (nSPS) is 14.5. The number of amides is 1. The van der Waals surface area contributed by atoms with Crippen molar-refractivity contribution >= 4 is 17.5 Å². The van der Waals surface area contributed by atoms with E-state index in [1.54, 1.807) is 16.6 Å². The van der Waals surface area contributed by atoms with Crippen molar-refractivity contribution < 1.29 is 9.21 Å². The van der Waals surface area contributed by atoms with Crippen LogP contribution in [0.15, 0.2) is 4.42 Å². The van der Waals surface area contributed by atoms with Gasteiger partial charge < -0.3 is 9.32 Å². The molecule has 1 amide bonds. The van der Waals surface area contributed by atoms with Gasteiger partial charge in [-0.05, 0) is 6.92 Å². The molecule has 0 aromatic carbocycles. The van der Waals surface area contributed by atoms with E-state index < -0.39 is 0 Å². The van der Waals surface area contributed by atoms with Gasteiger partial charge in [-0.3, -0.25) is 9.48 Å². The number of hydrogen-bond donors (Lipinski definition) is 0. The second kappa shape index (κ2) is 5.43. The van der Waals surface area contributed by atoms with Crippen LogP contribution in [0.5, 0.6) is 0 Å². The summed E-state index contributed by atoms with van der Waals surface area (Å²) in [7, 11) is 1.78. The highest BCUT2D eigenvalue weighted by Gasteiger charge is 2.29. The Morgan fingerprint density at radius 2 is 2.14 bits per heavy atom. The molecule has 2 aromatic heterocycles. The molecule has 1 aliphatic rings. The molecule has 0 aliphatic carbocycles. The number of rotatable bonds is 2. The first-order valence-corrected chi connectivity index (χ1v) is 7.73. The maximum Gasteiger partial charge on any atom is 0.276 e. The standard InChI is InChI=1S/C15H19ClN4O2/c1-8(2)14-17-10-7-20(6-5-11(10)22-14)15(21)13-12(16)9(3)19(4)18-13/h8H,5-7H2,1-4H3. The summed E-state index contributed by atoms with van der Waals surface area (Å²) in [6.07, 6.45) is 0.671. The fourth-order valence-corrected chi connectivity index (χ4v) is 2.75. The van der Waals surface area contributed by atoms with Gasteiger partial charge in [0.25, 0.3) is 5.91 Å². The van der Waals surface area contributed by atoms with Gasteiger partial charge in [-0.25, -0.2) is 4.98 Å². The number of nitrogens with zero attached hydrogens (tertiary/aromatic N) is 4. The number of hydrogen-bond acceptors (Lipinski definition) is 4. The molecule has 0 saturated heterocycles. The Kier molecular flexibility index (Phi) is 3.72. The molecule has 22 heavy (non-hydrogen) atoms. The number of aromatic nitrogens is 3. The molecule has 0 atom stereocenters. The highest BCUT2D eigenvalue weighted by Crippen LogP contribution is 2.26. The Hall–Kier alpha value is -1.82. The summed E-state index contributed by atoms with van der Waals surface area (Å²) >= 11 is 6.21. The zero-order valence-corrected chi connectivity index (χ0v) is 13.9. The highest BCUT2D eigenvalue weighted by molar-refractivity contribution is 6.34. The molecule has 7 heteroatoms. The second-order valence-electron chi connectivity index (χ2n) is 5.92. The second-order valence-corrected chi connectivity index (χ2v) is 6.30. The van der Waals surface area contributed by atoms with Crippen LogP contribution in [0.2, 0.25) is 5.02 Å². The van der Waals surface area contributed by atoms with E-state index in [0.29, 0.717) is 30.2 Å². The van der Waals surface area contributed by atoms with Gasteiger partial charge in [-0.2, -0.15) is 5.10 Å². The number of halogens is 1. The molecular formula is C15H19ClN4O2. The molecule has 0 unspecified atom stereocenters. The highest BCUT2D eigenvalue weighted by atomic mass is 35.5. The quantitative estimate of drug-likeness (QED) is 0.852. The number of aryl methyl sites for hydroxylation is 1. The molecule has 0 N–H and O–H groups in total. The third-order valence-corrected chi connectivity index (χ3v) is 4.44. The van der Waals surface area contributed by atoms with Crippen molar-refractivity contribution in [1.29, 1.82) is 0 Å². The molecule has 0 radical (unpaired) electrons. The minimum Gasteiger partial charge on any atom is -0.445 e. The van der Waals surface area contributed by atoms with Crippen molar-refractivity contribution in [3.05, 3.63) is 33.8 Å². The Bertz CT molecular complexity index is 732. The van der Waals surface area contributed by atoms with Crippen LogP contribution in [0, 0.1) is 6.92 Å². The molecule has 0 saturated carbocycles. The summed E-state index contributed by atoms with van der Waals surface area (Å²) in [5.74, 6) is 1.69. The van der Waals surface area contributed by atoms with Crippen LogP contribution in [0.4, 0.5) is 0 Å². The molecule has 0 bridgehead atoms. The molecule has 0 spiro atoms. The van der Waals surface area contributed by atoms with Crippen LogP contribution in [0.3, 0.4) is 0 Å². The van der Waals surface area contributed by atoms with Crippen LogP contribution >= 0.6 is 11.6 Å². The summed E-state index contributed by atoms with van der Waals surface area (Å²) in [5.41, 5.74) is 1.93. The fourth-order valence-electron chi connectivity index (χ4n) is 2.51. The van der Waals surface area contributed by atoms with Crippen LogP contribution in [-0.4, -0.2) is 32.1 Å². The van der Waals surface area contributed by atoms with Crippen LogP contribution < -0.4 is 0 Å². The van der Waals surface area contributed by atoms with Crippen LogP contribution in [0.1, 0.15) is 53.3 Å². The summed E-state index contributed by atoms with van der Waals surface area (Å²) in [6.45, 7) is 6.95. The minimum absolute atomic E-state index is 0.159. The zero-order valence-electron chi connectivity index (χ0n) is 13.2. The van der Waals surface area contributed by atoms with E-state index in [0.717, 1.165) is 23.0 Å². The van der Waals surface area contributed by atoms with Gasteiger partial charge >= 0.3 is 0 Å². The smallest absolute Gasteiger partial charge is 0.276 e. The van der Waals surface area contributed by atoms with Crippen molar-refractivity contribution in [2.24, 2.45) is 7.05 Å². The van der Waals surface area contributed by atoms with Gasteiger partial charge in [-0.15, -0.1) is 0 Å². The molecule has 3 heterocycles. The van der Waals surface area contributed by atoms with Gasteiger partial charge in [0.05, 0.1) is 17.3 Å². The van der Waals surface area contributed by atoms with Crippen LogP contribution in [-0.2, 0) is 20.0 Å². The number of fused-ring (bicyclic) bond motifs is 1. The Morgan fingerprint density at radius 1 is 1.41 bits per heavy atom. The number of oxazole rings is 1. The lowest BCUT2D eigenvalue weighted by molar-refractivity contribution is 0.0721. The summed E-state index contributed by atoms with van der Waals surface area (Å²) in [5, 5.41) is 4.64. The number of carbonyl (C=O) groups is 1. The fraction of sp³-hybridized carbons (Fsp3) is 0.533. The SMILES string of the molecule is Cc1c(Cl)c(C(=O)N2CCc3oc(C(C)C)nc3C2)nn1C. The van der Waals surface area contributed by atoms with Gasteiger partial charge in [-0.1, -0.05) is 25.4 Å². The summed E-state index contributed by atoms with van der Waals surface area (Å²) in [4.78, 5) is 18.9. The molecule has 1 aliphatic heterocycles. The van der Waals surface area contributed by atoms with Crippen molar-refractivity contribution in [2.75, 3.05) is 6.54 Å². The topological polar surface area (TPSA) is 64.2 Å². The van der Waals surface area contributed by atoms with E-state index in [-0.39, 0.29) is 11.8 Å². The van der Waals surface area contributed by atoms with E-state index in [9.17, 15) is 4.79 Å². The third kappa shape index (κ3) is 2.41. The maximum atomic E-state index is 12.6. The maximum absolute atomic E-state index is 12.6. The first-order valence-electron chi connectivity index (χ1n) is 7.35. The first-order chi connectivity index (χ1) is 10.4. The van der Waals surface area contributed by atoms with E-state index in [2.05, 4.69) is 10.1 Å². The molecule has 3 rings (SSSR count). The first kappa shape index (κ1) is 15.1. The van der Waals surface area contributed by atoms with E-state index in [4.69, 9.17) is 16.0 Å². The molecule has 0 fully saturated rings. The van der Waals surface area contributed by atoms with E-state index >= 15 is 0 Å². The minimum atomic E-state index is -0.159. The van der Waals surface area contributed by atoms with Crippen molar-refractivity contribution in [3.8, 4) is 0 Å². The largest absolute Gasteiger partial charge is 0.445 e. The van der Waals surface area contributed by atoms with Crippen molar-refractivity contribution in [3.63, 3.8) is 0 Å². The van der Waals surface area contributed by atoms with Crippen LogP contribution in [0.25, 0.3) is 0 Å². The predicted octanol–water partition coefficient (Wildman–Crippen LogP) is 2.69. The van der Waals surface area contributed by atoms with Gasteiger partial charge in [0.1, 0.15) is 11.5 Å². The summed E-state index contributed by atoms with van der Waals surface area (Å²) < 4.78 is 7.38.